The van der Waals surface area contributed by atoms with Crippen molar-refractivity contribution in [3.63, 3.8) is 0 Å². The highest BCUT2D eigenvalue weighted by atomic mass is 32.1. The zero-order valence-electron chi connectivity index (χ0n) is 11.3. The van der Waals surface area contributed by atoms with Crippen molar-refractivity contribution < 1.29 is 14.7 Å². The molecule has 21 heavy (non-hydrogen) atoms. The minimum Gasteiger partial charge on any atom is -0.478 e. The first kappa shape index (κ1) is 13.8. The standard InChI is InChI=1S/C15H14N2O3S/c18-14(6-11-2-1-5-21-11)17-4-3-12-10(9-17)7-16-8-13(12)15(19)20/h1-2,5,7-8H,3-4,6,9H2,(H,19,20). The molecule has 0 radical (unpaired) electrons. The first-order chi connectivity index (χ1) is 10.1. The van der Waals surface area contributed by atoms with Crippen LogP contribution in [0.4, 0.5) is 0 Å². The zero-order chi connectivity index (χ0) is 14.8. The maximum absolute atomic E-state index is 12.3. The van der Waals surface area contributed by atoms with Gasteiger partial charge >= 0.3 is 5.97 Å². The molecular formula is C15H14N2O3S. The van der Waals surface area contributed by atoms with Crippen molar-refractivity contribution in [1.82, 2.24) is 9.88 Å². The van der Waals surface area contributed by atoms with E-state index in [1.165, 1.54) is 6.20 Å². The number of pyridine rings is 1. The first-order valence-corrected chi connectivity index (χ1v) is 7.52. The second kappa shape index (κ2) is 5.65. The van der Waals surface area contributed by atoms with Gasteiger partial charge in [-0.1, -0.05) is 6.07 Å². The predicted octanol–water partition coefficient (Wildman–Crippen LogP) is 1.97. The fourth-order valence-corrected chi connectivity index (χ4v) is 3.26. The maximum Gasteiger partial charge on any atom is 0.337 e. The third kappa shape index (κ3) is 2.80. The molecule has 0 aliphatic carbocycles. The number of aromatic nitrogens is 1. The molecule has 5 nitrogen and oxygen atoms in total. The molecule has 1 aliphatic rings. The summed E-state index contributed by atoms with van der Waals surface area (Å²) >= 11 is 1.57. The third-order valence-electron chi connectivity index (χ3n) is 3.63. The molecule has 1 N–H and O–H groups in total. The quantitative estimate of drug-likeness (QED) is 0.941. The summed E-state index contributed by atoms with van der Waals surface area (Å²) in [5.41, 5.74) is 1.89. The summed E-state index contributed by atoms with van der Waals surface area (Å²) in [4.78, 5) is 30.3. The Balaban J connectivity index is 1.77. The molecule has 0 fully saturated rings. The fourth-order valence-electron chi connectivity index (χ4n) is 2.56. The van der Waals surface area contributed by atoms with E-state index in [4.69, 9.17) is 5.11 Å². The largest absolute Gasteiger partial charge is 0.478 e. The number of amides is 1. The molecule has 3 heterocycles. The topological polar surface area (TPSA) is 70.5 Å². The third-order valence-corrected chi connectivity index (χ3v) is 4.50. The molecule has 0 atom stereocenters. The van der Waals surface area contributed by atoms with Gasteiger partial charge < -0.3 is 10.0 Å². The number of carbonyl (C=O) groups is 2. The summed E-state index contributed by atoms with van der Waals surface area (Å²) in [7, 11) is 0. The minimum atomic E-state index is -0.960. The predicted molar refractivity (Wildman–Crippen MR) is 78.3 cm³/mol. The Morgan fingerprint density at radius 2 is 2.24 bits per heavy atom. The van der Waals surface area contributed by atoms with E-state index in [-0.39, 0.29) is 11.5 Å². The maximum atomic E-state index is 12.3. The van der Waals surface area contributed by atoms with E-state index in [0.717, 1.165) is 16.0 Å². The second-order valence-electron chi connectivity index (χ2n) is 4.95. The summed E-state index contributed by atoms with van der Waals surface area (Å²) in [6.45, 7) is 0.995. The smallest absolute Gasteiger partial charge is 0.337 e. The van der Waals surface area contributed by atoms with E-state index in [1.54, 1.807) is 22.4 Å². The van der Waals surface area contributed by atoms with E-state index < -0.39 is 5.97 Å². The molecule has 108 valence electrons. The Kier molecular flexibility index (Phi) is 3.70. The SMILES string of the molecule is O=C(O)c1cncc2c1CCN(C(=O)Cc1cccs1)C2. The van der Waals surface area contributed by atoms with Crippen LogP contribution in [0.3, 0.4) is 0 Å². The van der Waals surface area contributed by atoms with Crippen LogP contribution in [-0.4, -0.2) is 33.4 Å². The van der Waals surface area contributed by atoms with Crippen molar-refractivity contribution in [1.29, 1.82) is 0 Å². The number of carboxylic acid groups (broad SMARTS) is 1. The number of hydrogen-bond donors (Lipinski definition) is 1. The molecule has 2 aromatic heterocycles. The van der Waals surface area contributed by atoms with Crippen molar-refractivity contribution >= 4 is 23.2 Å². The molecule has 0 bridgehead atoms. The molecule has 1 aliphatic heterocycles. The summed E-state index contributed by atoms with van der Waals surface area (Å²) in [5, 5.41) is 11.1. The van der Waals surface area contributed by atoms with Gasteiger partial charge in [-0.25, -0.2) is 4.79 Å². The highest BCUT2D eigenvalue weighted by Crippen LogP contribution is 2.22. The number of fused-ring (bicyclic) bond motifs is 1. The van der Waals surface area contributed by atoms with Gasteiger partial charge in [0.2, 0.25) is 5.91 Å². The Morgan fingerprint density at radius 1 is 1.38 bits per heavy atom. The second-order valence-corrected chi connectivity index (χ2v) is 5.98. The number of thiophene rings is 1. The molecule has 0 aromatic carbocycles. The van der Waals surface area contributed by atoms with Crippen LogP contribution in [0.15, 0.2) is 29.9 Å². The summed E-state index contributed by atoms with van der Waals surface area (Å²) in [6.07, 6.45) is 4.01. The number of carboxylic acids is 1. The monoisotopic (exact) mass is 302 g/mol. The molecule has 1 amide bonds. The summed E-state index contributed by atoms with van der Waals surface area (Å²) in [6, 6.07) is 3.88. The highest BCUT2D eigenvalue weighted by Gasteiger charge is 2.24. The molecule has 0 spiro atoms. The van der Waals surface area contributed by atoms with Crippen molar-refractivity contribution in [3.05, 3.63) is 51.5 Å². The Labute approximate surface area is 125 Å². The number of hydrogen-bond acceptors (Lipinski definition) is 4. The molecule has 0 saturated carbocycles. The van der Waals surface area contributed by atoms with Crippen LogP contribution in [0.5, 0.6) is 0 Å². The average Bonchev–Trinajstić information content (AvgIpc) is 2.98. The molecule has 0 unspecified atom stereocenters. The Bertz CT molecular complexity index is 682. The van der Waals surface area contributed by atoms with Gasteiger partial charge in [0, 0.05) is 30.4 Å². The van der Waals surface area contributed by atoms with Gasteiger partial charge in [0.1, 0.15) is 0 Å². The zero-order valence-corrected chi connectivity index (χ0v) is 12.1. The van der Waals surface area contributed by atoms with Crippen molar-refractivity contribution in [2.75, 3.05) is 6.54 Å². The molecule has 6 heteroatoms. The highest BCUT2D eigenvalue weighted by molar-refractivity contribution is 7.10. The van der Waals surface area contributed by atoms with Gasteiger partial charge in [-0.05, 0) is 29.0 Å². The number of aromatic carboxylic acids is 1. The lowest BCUT2D eigenvalue weighted by molar-refractivity contribution is -0.131. The summed E-state index contributed by atoms with van der Waals surface area (Å²) in [5.74, 6) is -0.887. The number of carbonyl (C=O) groups excluding carboxylic acids is 1. The number of nitrogens with zero attached hydrogens (tertiary/aromatic N) is 2. The minimum absolute atomic E-state index is 0.0730. The van der Waals surface area contributed by atoms with Crippen LogP contribution < -0.4 is 0 Å². The van der Waals surface area contributed by atoms with Gasteiger partial charge in [-0.2, -0.15) is 0 Å². The lowest BCUT2D eigenvalue weighted by Gasteiger charge is -2.29. The lowest BCUT2D eigenvalue weighted by Crippen LogP contribution is -2.37. The van der Waals surface area contributed by atoms with Crippen LogP contribution in [-0.2, 0) is 24.2 Å². The van der Waals surface area contributed by atoms with Gasteiger partial charge in [0.15, 0.2) is 0 Å². The van der Waals surface area contributed by atoms with E-state index in [0.29, 0.717) is 25.9 Å². The fraction of sp³-hybridized carbons (Fsp3) is 0.267. The van der Waals surface area contributed by atoms with E-state index >= 15 is 0 Å². The van der Waals surface area contributed by atoms with Gasteiger partial charge in [-0.3, -0.25) is 9.78 Å². The normalized spacial score (nSPS) is 13.8. The van der Waals surface area contributed by atoms with Gasteiger partial charge in [0.25, 0.3) is 0 Å². The molecular weight excluding hydrogens is 288 g/mol. The average molecular weight is 302 g/mol. The van der Waals surface area contributed by atoms with Gasteiger partial charge in [0.05, 0.1) is 12.0 Å². The van der Waals surface area contributed by atoms with Crippen molar-refractivity contribution in [2.24, 2.45) is 0 Å². The van der Waals surface area contributed by atoms with Crippen LogP contribution in [0.25, 0.3) is 0 Å². The van der Waals surface area contributed by atoms with E-state index in [2.05, 4.69) is 4.98 Å². The molecule has 2 aromatic rings. The lowest BCUT2D eigenvalue weighted by atomic mass is 9.97. The van der Waals surface area contributed by atoms with Crippen LogP contribution in [0.1, 0.15) is 26.4 Å². The number of rotatable bonds is 3. The summed E-state index contributed by atoms with van der Waals surface area (Å²) < 4.78 is 0. The van der Waals surface area contributed by atoms with Crippen molar-refractivity contribution in [3.8, 4) is 0 Å². The van der Waals surface area contributed by atoms with E-state index in [1.807, 2.05) is 17.5 Å². The molecule has 3 rings (SSSR count). The van der Waals surface area contributed by atoms with Crippen LogP contribution in [0.2, 0.25) is 0 Å². The van der Waals surface area contributed by atoms with Gasteiger partial charge in [-0.15, -0.1) is 11.3 Å². The van der Waals surface area contributed by atoms with Crippen LogP contribution >= 0.6 is 11.3 Å². The Morgan fingerprint density at radius 3 is 2.95 bits per heavy atom. The molecule has 0 saturated heterocycles. The first-order valence-electron chi connectivity index (χ1n) is 6.64. The Hall–Kier alpha value is -2.21. The van der Waals surface area contributed by atoms with E-state index in [9.17, 15) is 9.59 Å². The van der Waals surface area contributed by atoms with Crippen LogP contribution in [0, 0.1) is 0 Å². The van der Waals surface area contributed by atoms with Crippen molar-refractivity contribution in [2.45, 2.75) is 19.4 Å².